The lowest BCUT2D eigenvalue weighted by atomic mass is 10.1. The molecule has 0 aliphatic rings. The van der Waals surface area contributed by atoms with Crippen LogP contribution in [0.3, 0.4) is 0 Å². The van der Waals surface area contributed by atoms with Crippen molar-refractivity contribution < 1.29 is 5.11 Å². The van der Waals surface area contributed by atoms with E-state index in [0.29, 0.717) is 5.82 Å². The van der Waals surface area contributed by atoms with Crippen molar-refractivity contribution in [2.75, 3.05) is 0 Å². The number of hydrogen-bond donors (Lipinski definition) is 1. The first-order valence-electron chi connectivity index (χ1n) is 6.79. The van der Waals surface area contributed by atoms with Crippen molar-refractivity contribution >= 4 is 21.8 Å². The van der Waals surface area contributed by atoms with Crippen molar-refractivity contribution in [3.8, 4) is 5.82 Å². The highest BCUT2D eigenvalue weighted by molar-refractivity contribution is 5.83. The van der Waals surface area contributed by atoms with E-state index in [1.807, 2.05) is 60.8 Å². The molecule has 0 radical (unpaired) electrons. The molecular weight excluding hydrogens is 262 g/mol. The topological polar surface area (TPSA) is 50.9 Å². The van der Waals surface area contributed by atoms with E-state index in [1.54, 1.807) is 4.68 Å². The van der Waals surface area contributed by atoms with Crippen LogP contribution in [-0.2, 0) is 6.61 Å². The highest BCUT2D eigenvalue weighted by Gasteiger charge is 2.11. The lowest BCUT2D eigenvalue weighted by molar-refractivity contribution is 0.281. The zero-order valence-electron chi connectivity index (χ0n) is 11.3. The molecule has 0 fully saturated rings. The Kier molecular flexibility index (Phi) is 2.69. The molecule has 2 aromatic heterocycles. The van der Waals surface area contributed by atoms with Crippen LogP contribution < -0.4 is 0 Å². The van der Waals surface area contributed by atoms with Gasteiger partial charge in [0, 0.05) is 16.3 Å². The third kappa shape index (κ3) is 1.88. The lowest BCUT2D eigenvalue weighted by Gasteiger charge is -2.09. The summed E-state index contributed by atoms with van der Waals surface area (Å²) in [4.78, 5) is 4.68. The van der Waals surface area contributed by atoms with Gasteiger partial charge in [-0.1, -0.05) is 36.4 Å². The quantitative estimate of drug-likeness (QED) is 0.611. The van der Waals surface area contributed by atoms with E-state index in [2.05, 4.69) is 10.1 Å². The summed E-state index contributed by atoms with van der Waals surface area (Å²) in [6.07, 6.45) is 1.81. The van der Waals surface area contributed by atoms with Gasteiger partial charge in [0.25, 0.3) is 0 Å². The minimum absolute atomic E-state index is 0.0681. The number of aromatic nitrogens is 3. The Morgan fingerprint density at radius 1 is 0.952 bits per heavy atom. The van der Waals surface area contributed by atoms with Gasteiger partial charge in [-0.2, -0.15) is 5.10 Å². The van der Waals surface area contributed by atoms with Crippen LogP contribution in [0.4, 0.5) is 0 Å². The fourth-order valence-electron chi connectivity index (χ4n) is 2.59. The third-order valence-electron chi connectivity index (χ3n) is 3.63. The molecular formula is C17H13N3O. The van der Waals surface area contributed by atoms with Gasteiger partial charge in [0.1, 0.15) is 0 Å². The van der Waals surface area contributed by atoms with Crippen LogP contribution in [0.25, 0.3) is 27.6 Å². The molecule has 0 atom stereocenters. The first-order chi connectivity index (χ1) is 10.4. The lowest BCUT2D eigenvalue weighted by Crippen LogP contribution is -2.04. The highest BCUT2D eigenvalue weighted by Crippen LogP contribution is 2.23. The number of fused-ring (bicyclic) bond motifs is 2. The second-order valence-electron chi connectivity index (χ2n) is 4.94. The second kappa shape index (κ2) is 4.68. The average molecular weight is 275 g/mol. The minimum Gasteiger partial charge on any atom is -0.392 e. The molecule has 2 heterocycles. The Balaban J connectivity index is 2.04. The minimum atomic E-state index is -0.0681. The van der Waals surface area contributed by atoms with Crippen molar-refractivity contribution in [1.82, 2.24) is 14.8 Å². The maximum atomic E-state index is 9.67. The molecule has 0 aliphatic heterocycles. The maximum Gasteiger partial charge on any atom is 0.160 e. The molecule has 1 N–H and O–H groups in total. The molecule has 0 amide bonds. The largest absolute Gasteiger partial charge is 0.392 e. The van der Waals surface area contributed by atoms with Gasteiger partial charge in [0.05, 0.1) is 23.8 Å². The Hall–Kier alpha value is -2.72. The summed E-state index contributed by atoms with van der Waals surface area (Å²) in [5, 5.41) is 16.2. The average Bonchev–Trinajstić information content (AvgIpc) is 2.97. The molecule has 4 nitrogen and oxygen atoms in total. The summed E-state index contributed by atoms with van der Waals surface area (Å²) in [6, 6.07) is 17.8. The van der Waals surface area contributed by atoms with E-state index in [9.17, 15) is 5.11 Å². The van der Waals surface area contributed by atoms with E-state index in [-0.39, 0.29) is 6.61 Å². The zero-order chi connectivity index (χ0) is 14.2. The molecule has 4 aromatic rings. The van der Waals surface area contributed by atoms with Crippen LogP contribution in [0.1, 0.15) is 5.56 Å². The van der Waals surface area contributed by atoms with Crippen LogP contribution in [0, 0.1) is 0 Å². The van der Waals surface area contributed by atoms with Gasteiger partial charge >= 0.3 is 0 Å². The van der Waals surface area contributed by atoms with Gasteiger partial charge in [0.2, 0.25) is 0 Å². The van der Waals surface area contributed by atoms with Gasteiger partial charge in [-0.15, -0.1) is 0 Å². The van der Waals surface area contributed by atoms with Gasteiger partial charge in [-0.3, -0.25) is 0 Å². The van der Waals surface area contributed by atoms with Gasteiger partial charge in [0.15, 0.2) is 5.82 Å². The summed E-state index contributed by atoms with van der Waals surface area (Å²) in [7, 11) is 0. The fourth-order valence-corrected chi connectivity index (χ4v) is 2.59. The molecule has 2 aromatic carbocycles. The molecule has 0 unspecified atom stereocenters. The molecule has 0 saturated heterocycles. The number of hydrogen-bond acceptors (Lipinski definition) is 3. The molecule has 4 heteroatoms. The Morgan fingerprint density at radius 3 is 2.57 bits per heavy atom. The number of benzene rings is 2. The van der Waals surface area contributed by atoms with E-state index < -0.39 is 0 Å². The highest BCUT2D eigenvalue weighted by atomic mass is 16.3. The molecule has 0 saturated carbocycles. The molecule has 0 spiro atoms. The molecule has 0 aliphatic carbocycles. The summed E-state index contributed by atoms with van der Waals surface area (Å²) < 4.78 is 1.79. The van der Waals surface area contributed by atoms with E-state index in [0.717, 1.165) is 27.4 Å². The number of pyridine rings is 1. The number of rotatable bonds is 2. The molecule has 21 heavy (non-hydrogen) atoms. The van der Waals surface area contributed by atoms with Crippen LogP contribution in [0.5, 0.6) is 0 Å². The van der Waals surface area contributed by atoms with Crippen LogP contribution >= 0.6 is 0 Å². The van der Waals surface area contributed by atoms with E-state index in [1.165, 1.54) is 0 Å². The van der Waals surface area contributed by atoms with Crippen LogP contribution in [-0.4, -0.2) is 19.9 Å². The summed E-state index contributed by atoms with van der Waals surface area (Å²) >= 11 is 0. The van der Waals surface area contributed by atoms with E-state index in [4.69, 9.17) is 0 Å². The van der Waals surface area contributed by atoms with Gasteiger partial charge < -0.3 is 5.11 Å². The Labute approximate surface area is 121 Å². The Bertz CT molecular complexity index is 943. The van der Waals surface area contributed by atoms with Crippen LogP contribution in [0.15, 0.2) is 60.8 Å². The smallest absolute Gasteiger partial charge is 0.160 e. The summed E-state index contributed by atoms with van der Waals surface area (Å²) in [6.45, 7) is -0.0681. The van der Waals surface area contributed by atoms with Crippen molar-refractivity contribution in [2.24, 2.45) is 0 Å². The first-order valence-corrected chi connectivity index (χ1v) is 6.79. The molecule has 102 valence electrons. The number of para-hydroxylation sites is 2. The van der Waals surface area contributed by atoms with Gasteiger partial charge in [-0.25, -0.2) is 9.67 Å². The summed E-state index contributed by atoms with van der Waals surface area (Å²) in [5.41, 5.74) is 2.64. The predicted octanol–water partition coefficient (Wildman–Crippen LogP) is 3.07. The number of aliphatic hydroxyl groups is 1. The van der Waals surface area contributed by atoms with Gasteiger partial charge in [-0.05, 0) is 18.2 Å². The zero-order valence-corrected chi connectivity index (χ0v) is 11.3. The van der Waals surface area contributed by atoms with Crippen molar-refractivity contribution in [2.45, 2.75) is 6.61 Å². The number of aliphatic hydroxyl groups excluding tert-OH is 1. The fraction of sp³-hybridized carbons (Fsp3) is 0.0588. The molecule has 0 bridgehead atoms. The Morgan fingerprint density at radius 2 is 1.71 bits per heavy atom. The molecule has 4 rings (SSSR count). The normalized spacial score (nSPS) is 11.3. The number of nitrogens with zero attached hydrogens (tertiary/aromatic N) is 3. The first kappa shape index (κ1) is 12.1. The SMILES string of the molecule is OCc1cc2ccccc2nc1-n1ncc2ccccc21. The predicted molar refractivity (Wildman–Crippen MR) is 82.3 cm³/mol. The second-order valence-corrected chi connectivity index (χ2v) is 4.94. The standard InChI is InChI=1S/C17H13N3O/c21-11-14-9-12-5-1-3-7-15(12)19-17(14)20-16-8-4-2-6-13(16)10-18-20/h1-10,21H,11H2. The van der Waals surface area contributed by atoms with Crippen LogP contribution in [0.2, 0.25) is 0 Å². The van der Waals surface area contributed by atoms with E-state index >= 15 is 0 Å². The van der Waals surface area contributed by atoms with Crippen molar-refractivity contribution in [3.63, 3.8) is 0 Å². The summed E-state index contributed by atoms with van der Waals surface area (Å²) in [5.74, 6) is 0.678. The third-order valence-corrected chi connectivity index (χ3v) is 3.63. The maximum absolute atomic E-state index is 9.67. The monoisotopic (exact) mass is 275 g/mol. The van der Waals surface area contributed by atoms with Crippen molar-refractivity contribution in [1.29, 1.82) is 0 Å². The van der Waals surface area contributed by atoms with Crippen molar-refractivity contribution in [3.05, 3.63) is 66.4 Å².